The molecule has 0 spiro atoms. The number of hydrogen-bond acceptors (Lipinski definition) is 5. The van der Waals surface area contributed by atoms with Gasteiger partial charge in [-0.1, -0.05) is 29.3 Å². The van der Waals surface area contributed by atoms with Gasteiger partial charge in [-0.3, -0.25) is 4.79 Å². The number of aromatic hydroxyl groups is 1. The van der Waals surface area contributed by atoms with Gasteiger partial charge < -0.3 is 14.6 Å². The summed E-state index contributed by atoms with van der Waals surface area (Å²) in [5.41, 5.74) is 1.21. The third kappa shape index (κ3) is 3.81. The van der Waals surface area contributed by atoms with Crippen molar-refractivity contribution >= 4 is 52.6 Å². The summed E-state index contributed by atoms with van der Waals surface area (Å²) in [7, 11) is 0. The van der Waals surface area contributed by atoms with Crippen LogP contribution in [-0.2, 0) is 4.79 Å². The van der Waals surface area contributed by atoms with E-state index in [4.69, 9.17) is 27.6 Å². The Bertz CT molecular complexity index is 1290. The number of carbonyl (C=O) groups excluding carboxylic acids is 1. The Morgan fingerprint density at radius 1 is 1.16 bits per heavy atom. The topological polar surface area (TPSA) is 103 Å². The SMILES string of the molecule is CC1=NN(c2ccc(O)c(C(=O)O)c2)C(=O)/C1=C\c1ccc(-c2cccc(Cl)c2Cl)o1. The van der Waals surface area contributed by atoms with Crippen LogP contribution >= 0.6 is 23.2 Å². The van der Waals surface area contributed by atoms with Crippen LogP contribution in [0.5, 0.6) is 5.75 Å². The molecule has 0 saturated heterocycles. The molecular formula is C22H14Cl2N2O5. The van der Waals surface area contributed by atoms with E-state index in [0.29, 0.717) is 32.8 Å². The number of amides is 1. The fraction of sp³-hybridized carbons (Fsp3) is 0.0455. The van der Waals surface area contributed by atoms with Gasteiger partial charge in [-0.05, 0) is 55.5 Å². The summed E-state index contributed by atoms with van der Waals surface area (Å²) in [6.07, 6.45) is 1.54. The van der Waals surface area contributed by atoms with Crippen molar-refractivity contribution in [3.8, 4) is 17.1 Å². The number of phenols is 1. The molecular weight excluding hydrogens is 443 g/mol. The smallest absolute Gasteiger partial charge is 0.339 e. The maximum atomic E-state index is 12.9. The molecule has 0 fully saturated rings. The molecule has 0 unspecified atom stereocenters. The zero-order valence-corrected chi connectivity index (χ0v) is 17.5. The number of benzene rings is 2. The number of rotatable bonds is 4. The van der Waals surface area contributed by atoms with E-state index in [1.54, 1.807) is 43.3 Å². The van der Waals surface area contributed by atoms with Crippen molar-refractivity contribution in [3.05, 3.63) is 75.5 Å². The van der Waals surface area contributed by atoms with Crippen molar-refractivity contribution in [3.63, 3.8) is 0 Å². The number of carboxylic acid groups (broad SMARTS) is 1. The summed E-state index contributed by atoms with van der Waals surface area (Å²) in [4.78, 5) is 24.2. The van der Waals surface area contributed by atoms with Crippen molar-refractivity contribution < 1.29 is 24.2 Å². The van der Waals surface area contributed by atoms with Crippen LogP contribution < -0.4 is 5.01 Å². The van der Waals surface area contributed by atoms with E-state index < -0.39 is 17.6 Å². The average molecular weight is 457 g/mol. The highest BCUT2D eigenvalue weighted by Gasteiger charge is 2.30. The lowest BCUT2D eigenvalue weighted by atomic mass is 10.1. The maximum Gasteiger partial charge on any atom is 0.339 e. The van der Waals surface area contributed by atoms with Gasteiger partial charge in [-0.25, -0.2) is 4.79 Å². The number of nitrogens with zero attached hydrogens (tertiary/aromatic N) is 2. The first kappa shape index (κ1) is 20.7. The summed E-state index contributed by atoms with van der Waals surface area (Å²) in [5.74, 6) is -1.28. The van der Waals surface area contributed by atoms with Crippen molar-refractivity contribution in [2.45, 2.75) is 6.92 Å². The Morgan fingerprint density at radius 3 is 2.68 bits per heavy atom. The molecule has 0 saturated carbocycles. The second kappa shape index (κ2) is 7.94. The van der Waals surface area contributed by atoms with Crippen LogP contribution in [0, 0.1) is 0 Å². The molecule has 9 heteroatoms. The molecule has 0 aliphatic carbocycles. The molecule has 0 bridgehead atoms. The predicted molar refractivity (Wildman–Crippen MR) is 118 cm³/mol. The minimum absolute atomic E-state index is 0.216. The standard InChI is InChI=1S/C22H14Cl2N2O5/c1-11-15(10-13-6-8-19(31-13)14-3-2-4-17(23)20(14)24)21(28)26(25-11)12-5-7-18(27)16(9-12)22(29)30/h2-10,27H,1H3,(H,29,30)/b15-10-. The van der Waals surface area contributed by atoms with Crippen LogP contribution in [0.4, 0.5) is 5.69 Å². The molecule has 0 atom stereocenters. The Morgan fingerprint density at radius 2 is 1.94 bits per heavy atom. The largest absolute Gasteiger partial charge is 0.507 e. The van der Waals surface area contributed by atoms with Crippen molar-refractivity contribution in [1.82, 2.24) is 0 Å². The van der Waals surface area contributed by atoms with E-state index >= 15 is 0 Å². The number of hydrogen-bond donors (Lipinski definition) is 2. The minimum atomic E-state index is -1.31. The lowest BCUT2D eigenvalue weighted by Gasteiger charge is -2.12. The lowest BCUT2D eigenvalue weighted by molar-refractivity contribution is -0.114. The molecule has 7 nitrogen and oxygen atoms in total. The zero-order valence-electron chi connectivity index (χ0n) is 16.0. The van der Waals surface area contributed by atoms with E-state index in [2.05, 4.69) is 5.10 Å². The molecule has 4 rings (SSSR count). The van der Waals surface area contributed by atoms with Crippen molar-refractivity contribution in [2.75, 3.05) is 5.01 Å². The molecule has 31 heavy (non-hydrogen) atoms. The van der Waals surface area contributed by atoms with Gasteiger partial charge in [0.15, 0.2) is 0 Å². The highest BCUT2D eigenvalue weighted by Crippen LogP contribution is 2.35. The third-order valence-corrected chi connectivity index (χ3v) is 5.47. The average Bonchev–Trinajstić information content (AvgIpc) is 3.30. The molecule has 0 radical (unpaired) electrons. The van der Waals surface area contributed by atoms with Crippen LogP contribution in [0.15, 0.2) is 63.6 Å². The number of furan rings is 1. The van der Waals surface area contributed by atoms with E-state index in [1.807, 2.05) is 0 Å². The Balaban J connectivity index is 1.65. The second-order valence-corrected chi connectivity index (χ2v) is 7.46. The Kier molecular flexibility index (Phi) is 5.31. The molecule has 2 N–H and O–H groups in total. The fourth-order valence-corrected chi connectivity index (χ4v) is 3.49. The molecule has 2 aromatic carbocycles. The number of hydrazone groups is 1. The lowest BCUT2D eigenvalue weighted by Crippen LogP contribution is -2.21. The van der Waals surface area contributed by atoms with Crippen LogP contribution in [0.1, 0.15) is 23.0 Å². The van der Waals surface area contributed by atoms with Gasteiger partial charge in [0.2, 0.25) is 0 Å². The van der Waals surface area contributed by atoms with Gasteiger partial charge in [0.05, 0.1) is 27.0 Å². The van der Waals surface area contributed by atoms with Crippen molar-refractivity contribution in [2.24, 2.45) is 5.10 Å². The third-order valence-electron chi connectivity index (χ3n) is 4.65. The predicted octanol–water partition coefficient (Wildman–Crippen LogP) is 5.46. The van der Waals surface area contributed by atoms with Crippen LogP contribution in [0.25, 0.3) is 17.4 Å². The highest BCUT2D eigenvalue weighted by atomic mass is 35.5. The first-order chi connectivity index (χ1) is 14.8. The van der Waals surface area contributed by atoms with Crippen LogP contribution in [0.2, 0.25) is 10.0 Å². The second-order valence-electron chi connectivity index (χ2n) is 6.67. The zero-order chi connectivity index (χ0) is 22.3. The van der Waals surface area contributed by atoms with Crippen molar-refractivity contribution in [1.29, 1.82) is 0 Å². The van der Waals surface area contributed by atoms with E-state index in [0.717, 1.165) is 5.01 Å². The quantitative estimate of drug-likeness (QED) is 0.507. The summed E-state index contributed by atoms with van der Waals surface area (Å²) < 4.78 is 5.82. The van der Waals surface area contributed by atoms with Crippen LogP contribution in [-0.4, -0.2) is 27.8 Å². The van der Waals surface area contributed by atoms with Gasteiger partial charge in [0.1, 0.15) is 22.8 Å². The Hall–Kier alpha value is -3.55. The van der Waals surface area contributed by atoms with E-state index in [1.165, 1.54) is 18.2 Å². The number of halogens is 2. The van der Waals surface area contributed by atoms with Gasteiger partial charge in [0, 0.05) is 5.56 Å². The summed E-state index contributed by atoms with van der Waals surface area (Å²) in [5, 5.41) is 24.9. The van der Waals surface area contributed by atoms with E-state index in [9.17, 15) is 19.8 Å². The molecule has 3 aromatic rings. The Labute approximate surface area is 186 Å². The molecule has 1 aliphatic rings. The fourth-order valence-electron chi connectivity index (χ4n) is 3.10. The van der Waals surface area contributed by atoms with Gasteiger partial charge in [0.25, 0.3) is 5.91 Å². The monoisotopic (exact) mass is 456 g/mol. The van der Waals surface area contributed by atoms with Gasteiger partial charge in [-0.2, -0.15) is 10.1 Å². The molecule has 156 valence electrons. The first-order valence-electron chi connectivity index (χ1n) is 8.98. The number of aromatic carboxylic acids is 1. The number of carboxylic acids is 1. The normalized spacial score (nSPS) is 14.9. The summed E-state index contributed by atoms with van der Waals surface area (Å²) >= 11 is 12.3. The number of carbonyl (C=O) groups is 2. The highest BCUT2D eigenvalue weighted by molar-refractivity contribution is 6.43. The maximum absolute atomic E-state index is 12.9. The molecule has 1 amide bonds. The molecule has 2 heterocycles. The number of anilines is 1. The van der Waals surface area contributed by atoms with E-state index in [-0.39, 0.29) is 16.8 Å². The molecule has 1 aliphatic heterocycles. The molecule has 1 aromatic heterocycles. The van der Waals surface area contributed by atoms with Gasteiger partial charge >= 0.3 is 5.97 Å². The summed E-state index contributed by atoms with van der Waals surface area (Å²) in [6.45, 7) is 1.65. The van der Waals surface area contributed by atoms with Crippen LogP contribution in [0.3, 0.4) is 0 Å². The summed E-state index contributed by atoms with van der Waals surface area (Å²) in [6, 6.07) is 12.4. The first-order valence-corrected chi connectivity index (χ1v) is 9.74. The minimum Gasteiger partial charge on any atom is -0.507 e. The van der Waals surface area contributed by atoms with Gasteiger partial charge in [-0.15, -0.1) is 0 Å².